The molecule has 0 unspecified atom stereocenters. The summed E-state index contributed by atoms with van der Waals surface area (Å²) in [5.41, 5.74) is 0.694. The summed E-state index contributed by atoms with van der Waals surface area (Å²) >= 11 is 0. The number of benzene rings is 1. The Morgan fingerprint density at radius 3 is 2.60 bits per heavy atom. The highest BCUT2D eigenvalue weighted by Gasteiger charge is 2.33. The predicted octanol–water partition coefficient (Wildman–Crippen LogP) is 1.02. The zero-order valence-electron chi connectivity index (χ0n) is 11.2. The summed E-state index contributed by atoms with van der Waals surface area (Å²) in [6.07, 6.45) is -0.272. The van der Waals surface area contributed by atoms with Gasteiger partial charge in [0, 0.05) is 13.1 Å². The minimum atomic E-state index is -3.63. The fourth-order valence-corrected chi connectivity index (χ4v) is 4.18. The van der Waals surface area contributed by atoms with Crippen molar-refractivity contribution in [1.82, 2.24) is 14.6 Å². The van der Waals surface area contributed by atoms with E-state index in [-0.39, 0.29) is 22.6 Å². The third-order valence-electron chi connectivity index (χ3n) is 3.25. The van der Waals surface area contributed by atoms with E-state index in [1.165, 1.54) is 10.4 Å². The van der Waals surface area contributed by atoms with Gasteiger partial charge in [0.05, 0.1) is 12.2 Å². The second kappa shape index (κ2) is 4.80. The van der Waals surface area contributed by atoms with Crippen molar-refractivity contribution in [2.75, 3.05) is 13.1 Å². The molecule has 0 amide bonds. The predicted molar refractivity (Wildman–Crippen MR) is 70.6 cm³/mol. The number of morpholine rings is 1. The van der Waals surface area contributed by atoms with Gasteiger partial charge in [-0.2, -0.15) is 4.31 Å². The molecule has 1 saturated heterocycles. The maximum absolute atomic E-state index is 12.8. The van der Waals surface area contributed by atoms with Crippen LogP contribution in [-0.2, 0) is 14.8 Å². The Kier molecular flexibility index (Phi) is 3.23. The summed E-state index contributed by atoms with van der Waals surface area (Å²) in [4.78, 5) is 0.123. The number of ether oxygens (including phenoxy) is 1. The Balaban J connectivity index is 2.05. The molecule has 1 aliphatic rings. The van der Waals surface area contributed by atoms with Crippen LogP contribution in [0.15, 0.2) is 27.7 Å². The van der Waals surface area contributed by atoms with Crippen molar-refractivity contribution >= 4 is 21.1 Å². The molecule has 3 rings (SSSR count). The molecule has 2 atom stereocenters. The van der Waals surface area contributed by atoms with Gasteiger partial charge in [0.2, 0.25) is 10.0 Å². The van der Waals surface area contributed by atoms with Crippen LogP contribution in [-0.4, -0.2) is 48.3 Å². The van der Waals surface area contributed by atoms with Crippen molar-refractivity contribution < 1.29 is 17.8 Å². The third-order valence-corrected chi connectivity index (χ3v) is 5.12. The lowest BCUT2D eigenvalue weighted by Gasteiger charge is -2.34. The van der Waals surface area contributed by atoms with Crippen LogP contribution in [0.3, 0.4) is 0 Å². The maximum Gasteiger partial charge on any atom is 0.245 e. The minimum Gasteiger partial charge on any atom is -0.373 e. The summed E-state index contributed by atoms with van der Waals surface area (Å²) in [5.74, 6) is 0. The number of hydrogen-bond acceptors (Lipinski definition) is 6. The van der Waals surface area contributed by atoms with E-state index in [9.17, 15) is 8.42 Å². The molecule has 1 aromatic carbocycles. The summed E-state index contributed by atoms with van der Waals surface area (Å²) in [6.45, 7) is 4.37. The Hall–Kier alpha value is -1.51. The lowest BCUT2D eigenvalue weighted by molar-refractivity contribution is -0.0440. The number of sulfonamides is 1. The highest BCUT2D eigenvalue weighted by molar-refractivity contribution is 7.89. The lowest BCUT2D eigenvalue weighted by atomic mass is 10.3. The molecule has 2 aromatic rings. The summed E-state index contributed by atoms with van der Waals surface area (Å²) in [5, 5.41) is 7.37. The molecular formula is C12H15N3O4S. The highest BCUT2D eigenvalue weighted by Crippen LogP contribution is 2.25. The van der Waals surface area contributed by atoms with E-state index in [2.05, 4.69) is 14.9 Å². The van der Waals surface area contributed by atoms with Crippen LogP contribution in [0, 0.1) is 0 Å². The molecular weight excluding hydrogens is 282 g/mol. The molecule has 20 heavy (non-hydrogen) atoms. The second-order valence-electron chi connectivity index (χ2n) is 4.97. The smallest absolute Gasteiger partial charge is 0.245 e. The van der Waals surface area contributed by atoms with Gasteiger partial charge < -0.3 is 4.74 Å². The molecule has 0 radical (unpaired) electrons. The van der Waals surface area contributed by atoms with Gasteiger partial charge in [-0.05, 0) is 36.3 Å². The molecule has 0 N–H and O–H groups in total. The van der Waals surface area contributed by atoms with Crippen molar-refractivity contribution in [3.05, 3.63) is 18.2 Å². The molecule has 1 fully saturated rings. The van der Waals surface area contributed by atoms with E-state index >= 15 is 0 Å². The van der Waals surface area contributed by atoms with Gasteiger partial charge in [-0.1, -0.05) is 6.07 Å². The number of hydrogen-bond donors (Lipinski definition) is 0. The van der Waals surface area contributed by atoms with Crippen LogP contribution in [0.2, 0.25) is 0 Å². The van der Waals surface area contributed by atoms with E-state index in [1.54, 1.807) is 12.1 Å². The van der Waals surface area contributed by atoms with Gasteiger partial charge in [0.1, 0.15) is 10.4 Å². The van der Waals surface area contributed by atoms with E-state index < -0.39 is 10.0 Å². The largest absolute Gasteiger partial charge is 0.373 e. The monoisotopic (exact) mass is 297 g/mol. The van der Waals surface area contributed by atoms with Crippen LogP contribution < -0.4 is 0 Å². The van der Waals surface area contributed by atoms with Crippen molar-refractivity contribution in [3.63, 3.8) is 0 Å². The van der Waals surface area contributed by atoms with E-state index in [0.717, 1.165) is 0 Å². The van der Waals surface area contributed by atoms with Crippen molar-refractivity contribution in [3.8, 4) is 0 Å². The maximum atomic E-state index is 12.8. The molecule has 108 valence electrons. The van der Waals surface area contributed by atoms with Crippen molar-refractivity contribution in [2.24, 2.45) is 0 Å². The van der Waals surface area contributed by atoms with Crippen molar-refractivity contribution in [2.45, 2.75) is 31.0 Å². The normalized spacial score (nSPS) is 25.1. The zero-order valence-corrected chi connectivity index (χ0v) is 12.0. The zero-order chi connectivity index (χ0) is 14.3. The average molecular weight is 297 g/mol. The van der Waals surface area contributed by atoms with Gasteiger partial charge in [-0.25, -0.2) is 13.0 Å². The first-order valence-corrected chi connectivity index (χ1v) is 7.79. The molecule has 7 nitrogen and oxygen atoms in total. The van der Waals surface area contributed by atoms with Crippen LogP contribution >= 0.6 is 0 Å². The Bertz CT molecular complexity index is 717. The number of rotatable bonds is 2. The van der Waals surface area contributed by atoms with Crippen molar-refractivity contribution in [1.29, 1.82) is 0 Å². The van der Waals surface area contributed by atoms with Crippen LogP contribution in [0.4, 0.5) is 0 Å². The topological polar surface area (TPSA) is 85.5 Å². The van der Waals surface area contributed by atoms with E-state index in [1.807, 2.05) is 13.8 Å². The van der Waals surface area contributed by atoms with Gasteiger partial charge >= 0.3 is 0 Å². The SMILES string of the molecule is C[C@H]1CN(S(=O)(=O)c2cccc3nonc23)C[C@H](C)O1. The standard InChI is InChI=1S/C12H15N3O4S/c1-8-6-15(7-9(2)18-8)20(16,17)11-5-3-4-10-12(11)14-19-13-10/h3-5,8-9H,6-7H2,1-2H3/t8-,9-/m0/s1. The van der Waals surface area contributed by atoms with Gasteiger partial charge in [0.15, 0.2) is 5.52 Å². The van der Waals surface area contributed by atoms with Gasteiger partial charge in [0.25, 0.3) is 0 Å². The molecule has 0 aliphatic carbocycles. The number of fused-ring (bicyclic) bond motifs is 1. The highest BCUT2D eigenvalue weighted by atomic mass is 32.2. The molecule has 0 bridgehead atoms. The first kappa shape index (κ1) is 13.5. The number of nitrogens with zero attached hydrogens (tertiary/aromatic N) is 3. The van der Waals surface area contributed by atoms with Crippen LogP contribution in [0.5, 0.6) is 0 Å². The van der Waals surface area contributed by atoms with Gasteiger partial charge in [-0.3, -0.25) is 0 Å². The van der Waals surface area contributed by atoms with E-state index in [0.29, 0.717) is 18.6 Å². The fourth-order valence-electron chi connectivity index (χ4n) is 2.46. The molecule has 2 heterocycles. The second-order valence-corrected chi connectivity index (χ2v) is 6.87. The van der Waals surface area contributed by atoms with Crippen LogP contribution in [0.1, 0.15) is 13.8 Å². The molecule has 1 aromatic heterocycles. The molecule has 1 aliphatic heterocycles. The van der Waals surface area contributed by atoms with Crippen LogP contribution in [0.25, 0.3) is 11.0 Å². The van der Waals surface area contributed by atoms with Gasteiger partial charge in [-0.15, -0.1) is 0 Å². The first-order valence-electron chi connectivity index (χ1n) is 6.35. The number of aromatic nitrogens is 2. The molecule has 0 spiro atoms. The minimum absolute atomic E-state index is 0.123. The third kappa shape index (κ3) is 2.19. The first-order chi connectivity index (χ1) is 9.48. The quantitative estimate of drug-likeness (QED) is 0.822. The molecule has 8 heteroatoms. The average Bonchev–Trinajstić information content (AvgIpc) is 2.85. The summed E-state index contributed by atoms with van der Waals surface area (Å²) in [6, 6.07) is 4.81. The Morgan fingerprint density at radius 2 is 1.90 bits per heavy atom. The molecule has 0 saturated carbocycles. The Morgan fingerprint density at radius 1 is 1.20 bits per heavy atom. The van der Waals surface area contributed by atoms with E-state index in [4.69, 9.17) is 4.74 Å². The fraction of sp³-hybridized carbons (Fsp3) is 0.500. The lowest BCUT2D eigenvalue weighted by Crippen LogP contribution is -2.48. The Labute approximate surface area is 116 Å². The summed E-state index contributed by atoms with van der Waals surface area (Å²) < 4.78 is 37.1. The summed E-state index contributed by atoms with van der Waals surface area (Å²) in [7, 11) is -3.63.